The van der Waals surface area contributed by atoms with Crippen LogP contribution in [-0.2, 0) is 14.7 Å². The third kappa shape index (κ3) is 7.40. The molecule has 0 atom stereocenters. The zero-order chi connectivity index (χ0) is 31.9. The molecule has 7 aromatic rings. The predicted octanol–water partition coefficient (Wildman–Crippen LogP) is 10.7. The molecule has 0 aliphatic rings. The second-order valence-corrected chi connectivity index (χ2v) is 20.7. The van der Waals surface area contributed by atoms with Gasteiger partial charge in [-0.1, -0.05) is 109 Å². The summed E-state index contributed by atoms with van der Waals surface area (Å²) in [6.07, 6.45) is 1.81. The van der Waals surface area contributed by atoms with E-state index in [1.807, 2.05) is 24.3 Å². The van der Waals surface area contributed by atoms with Crippen LogP contribution < -0.4 is 15.9 Å². The van der Waals surface area contributed by atoms with E-state index < -0.39 is 22.6 Å². The zero-order valence-corrected chi connectivity index (χ0v) is 29.4. The van der Waals surface area contributed by atoms with E-state index in [-0.39, 0.29) is 5.75 Å². The fraction of sp³-hybridized carbons (Fsp3) is 0. The van der Waals surface area contributed by atoms with Gasteiger partial charge in [0.2, 0.25) is 0 Å². The second-order valence-electron chi connectivity index (χ2n) is 10.5. The molecule has 1 N–H and O–H groups in total. The van der Waals surface area contributed by atoms with Crippen molar-refractivity contribution in [3.8, 4) is 16.9 Å². The molecule has 0 aromatic heterocycles. The topological polar surface area (TPSA) is 32.6 Å². The standard InChI is InChI=1S/C39H28NOP.3ClH.Ti/c41-39-30(16-13-23-35(39)38-33-21-9-7-14-28(33)26-29-15-8-10-22-34(29)38)27-40-36-24-11-12-25-37(36)42(31-17-3-1-4-18-31)32-19-5-2-6-20-32;;;;/h1-27,41H;3*1H;/q;;;;+3/p-2. The number of aliphatic imine (C=N–C) groups is 1. The number of para-hydroxylation sites is 2. The van der Waals surface area contributed by atoms with E-state index in [0.29, 0.717) is 5.56 Å². The first-order valence-electron chi connectivity index (χ1n) is 14.7. The Balaban J connectivity index is 0.000000879. The Morgan fingerprint density at radius 1 is 0.565 bits per heavy atom. The fourth-order valence-electron chi connectivity index (χ4n) is 5.80. The van der Waals surface area contributed by atoms with Gasteiger partial charge in [0.25, 0.3) is 0 Å². The molecule has 0 saturated heterocycles. The number of phenols is 1. The first-order valence-corrected chi connectivity index (χ1v) is 22.6. The van der Waals surface area contributed by atoms with E-state index in [0.717, 1.165) is 38.4 Å². The summed E-state index contributed by atoms with van der Waals surface area (Å²) < 4.78 is 0. The van der Waals surface area contributed by atoms with Crippen molar-refractivity contribution < 1.29 is 19.8 Å². The van der Waals surface area contributed by atoms with Crippen molar-refractivity contribution in [2.24, 2.45) is 4.99 Å². The molecule has 46 heavy (non-hydrogen) atoms. The van der Waals surface area contributed by atoms with E-state index in [2.05, 4.69) is 133 Å². The van der Waals surface area contributed by atoms with E-state index in [9.17, 15) is 5.11 Å². The van der Waals surface area contributed by atoms with Crippen molar-refractivity contribution in [1.82, 2.24) is 0 Å². The van der Waals surface area contributed by atoms with E-state index in [4.69, 9.17) is 32.9 Å². The molecule has 0 unspecified atom stereocenters. The van der Waals surface area contributed by atoms with Crippen LogP contribution in [0.1, 0.15) is 5.56 Å². The number of rotatable bonds is 6. The number of phenolic OH excluding ortho intramolecular Hbond substituents is 1. The Morgan fingerprint density at radius 2 is 1.07 bits per heavy atom. The van der Waals surface area contributed by atoms with Crippen molar-refractivity contribution in [3.05, 3.63) is 163 Å². The summed E-state index contributed by atoms with van der Waals surface area (Å²) in [6, 6.07) is 54.7. The SMILES string of the molecule is Oc1c(C=Nc2ccccc2[PH+](c2ccccc2)c2ccccc2)cccc1-c1c2ccccc2cc2ccccc12.[Cl][Ti]([Cl])[Cl]. The number of benzene rings is 7. The maximum atomic E-state index is 11.7. The Labute approximate surface area is 288 Å². The van der Waals surface area contributed by atoms with E-state index in [1.165, 1.54) is 15.9 Å². The van der Waals surface area contributed by atoms with Gasteiger partial charge in [-0.25, -0.2) is 0 Å². The molecule has 7 aromatic carbocycles. The van der Waals surface area contributed by atoms with Gasteiger partial charge in [-0.2, -0.15) is 0 Å². The first-order chi connectivity index (χ1) is 22.5. The normalized spacial score (nSPS) is 11.1. The van der Waals surface area contributed by atoms with Gasteiger partial charge in [0.05, 0.1) is 0 Å². The van der Waals surface area contributed by atoms with Gasteiger partial charge in [0.15, 0.2) is 0 Å². The molecule has 0 radical (unpaired) electrons. The average Bonchev–Trinajstić information content (AvgIpc) is 3.08. The molecule has 7 rings (SSSR count). The summed E-state index contributed by atoms with van der Waals surface area (Å²) in [5.74, 6) is 0.233. The second kappa shape index (κ2) is 15.4. The summed E-state index contributed by atoms with van der Waals surface area (Å²) in [5.41, 5.74) is 3.45. The van der Waals surface area contributed by atoms with Gasteiger partial charge in [-0.05, 0) is 70.1 Å². The number of halogens is 3. The van der Waals surface area contributed by atoms with Crippen LogP contribution in [0.15, 0.2) is 163 Å². The van der Waals surface area contributed by atoms with Crippen LogP contribution in [0.3, 0.4) is 0 Å². The van der Waals surface area contributed by atoms with Crippen molar-refractivity contribution in [2.75, 3.05) is 0 Å². The average molecular weight is 713 g/mol. The molecule has 0 aliphatic heterocycles. The van der Waals surface area contributed by atoms with Crippen molar-refractivity contribution in [1.29, 1.82) is 0 Å². The zero-order valence-electron chi connectivity index (χ0n) is 24.6. The molecule has 0 spiro atoms. The number of nitrogens with zero attached hydrogens (tertiary/aromatic N) is 1. The molecule has 0 heterocycles. The molecule has 0 amide bonds. The number of aromatic hydroxyl groups is 1. The Hall–Kier alpha value is -3.46. The van der Waals surface area contributed by atoms with Gasteiger partial charge in [-0.3, -0.25) is 4.99 Å². The summed E-state index contributed by atoms with van der Waals surface area (Å²) in [6.45, 7) is 0. The number of fused-ring (bicyclic) bond motifs is 2. The van der Waals surface area contributed by atoms with Crippen molar-refractivity contribution >= 4 is 85.2 Å². The molecule has 0 saturated carbocycles. The van der Waals surface area contributed by atoms with E-state index in [1.54, 1.807) is 6.21 Å². The molecule has 0 aliphatic carbocycles. The van der Waals surface area contributed by atoms with Crippen molar-refractivity contribution in [2.45, 2.75) is 0 Å². The van der Waals surface area contributed by atoms with Crippen LogP contribution in [0, 0.1) is 0 Å². The summed E-state index contributed by atoms with van der Waals surface area (Å²) in [4.78, 5) is 5.01. The summed E-state index contributed by atoms with van der Waals surface area (Å²) in [7, 11) is 13.6. The Bertz CT molecular complexity index is 2030. The van der Waals surface area contributed by atoms with Crippen LogP contribution in [0.5, 0.6) is 5.75 Å². The van der Waals surface area contributed by atoms with Crippen LogP contribution in [0.2, 0.25) is 0 Å². The van der Waals surface area contributed by atoms with E-state index >= 15 is 0 Å². The van der Waals surface area contributed by atoms with Gasteiger partial charge in [0, 0.05) is 22.9 Å². The van der Waals surface area contributed by atoms with Crippen molar-refractivity contribution in [3.63, 3.8) is 0 Å². The van der Waals surface area contributed by atoms with Crippen LogP contribution in [0.25, 0.3) is 32.7 Å². The minimum atomic E-state index is -1.92. The monoisotopic (exact) mass is 711 g/mol. The molecule has 0 bridgehead atoms. The molecule has 0 fully saturated rings. The molecule has 7 heteroatoms. The molecule has 2 nitrogen and oxygen atoms in total. The fourth-order valence-corrected chi connectivity index (χ4v) is 8.47. The quantitative estimate of drug-likeness (QED) is 0.0792. The van der Waals surface area contributed by atoms with Gasteiger partial charge < -0.3 is 5.11 Å². The number of hydrogen-bond acceptors (Lipinski definition) is 2. The van der Waals surface area contributed by atoms with Crippen LogP contribution in [0.4, 0.5) is 5.69 Å². The molecular weight excluding hydrogens is 684 g/mol. The maximum absolute atomic E-state index is 11.7. The van der Waals surface area contributed by atoms with Gasteiger partial charge in [-0.15, -0.1) is 0 Å². The van der Waals surface area contributed by atoms with Gasteiger partial charge in [0.1, 0.15) is 35.3 Å². The summed E-state index contributed by atoms with van der Waals surface area (Å²) in [5, 5.41) is 20.0. The third-order valence-corrected chi connectivity index (χ3v) is 10.5. The third-order valence-electron chi connectivity index (χ3n) is 7.75. The molecular formula is C39H29Cl3NOPTi+. The van der Waals surface area contributed by atoms with Crippen LogP contribution in [-0.4, -0.2) is 11.3 Å². The van der Waals surface area contributed by atoms with Crippen LogP contribution >= 0.6 is 35.8 Å². The minimum absolute atomic E-state index is 0.233. The predicted molar refractivity (Wildman–Crippen MR) is 200 cm³/mol. The number of hydrogen-bond donors (Lipinski definition) is 1. The van der Waals surface area contributed by atoms with Gasteiger partial charge >= 0.3 is 42.6 Å². The summed E-state index contributed by atoms with van der Waals surface area (Å²) >= 11 is -1.92. The Kier molecular flexibility index (Phi) is 10.9. The molecule has 225 valence electrons. The first kappa shape index (κ1) is 32.5. The Morgan fingerprint density at radius 3 is 1.65 bits per heavy atom.